The second kappa shape index (κ2) is 11.3. The van der Waals surface area contributed by atoms with E-state index in [4.69, 9.17) is 9.47 Å². The zero-order valence-corrected chi connectivity index (χ0v) is 17.4. The van der Waals surface area contributed by atoms with E-state index >= 15 is 0 Å². The first-order chi connectivity index (χ1) is 13.9. The number of piperidine rings is 1. The van der Waals surface area contributed by atoms with Gasteiger partial charge in [-0.25, -0.2) is 0 Å². The molecule has 1 aliphatic heterocycles. The van der Waals surface area contributed by atoms with E-state index in [9.17, 15) is 14.4 Å². The van der Waals surface area contributed by atoms with Gasteiger partial charge in [-0.3, -0.25) is 14.4 Å². The molecule has 1 unspecified atom stereocenters. The van der Waals surface area contributed by atoms with E-state index in [1.807, 2.05) is 0 Å². The molecule has 29 heavy (non-hydrogen) atoms. The summed E-state index contributed by atoms with van der Waals surface area (Å²) in [6, 6.07) is 5.22. The molecule has 0 bridgehead atoms. The molecular weight excluding hydrogens is 376 g/mol. The molecule has 1 saturated heterocycles. The number of amides is 2. The lowest BCUT2D eigenvalue weighted by atomic mass is 9.93. The number of esters is 1. The number of hydrogen-bond donors (Lipinski definition) is 1. The topological polar surface area (TPSA) is 94.2 Å². The van der Waals surface area contributed by atoms with E-state index in [-0.39, 0.29) is 36.5 Å². The van der Waals surface area contributed by atoms with Gasteiger partial charge in [-0.1, -0.05) is 0 Å². The van der Waals surface area contributed by atoms with Crippen LogP contribution in [0.3, 0.4) is 0 Å². The Morgan fingerprint density at radius 1 is 1.03 bits per heavy atom. The fourth-order valence-corrected chi connectivity index (χ4v) is 3.43. The maximum absolute atomic E-state index is 12.4. The summed E-state index contributed by atoms with van der Waals surface area (Å²) in [5, 5.41) is 2.87. The van der Waals surface area contributed by atoms with Gasteiger partial charge < -0.3 is 24.4 Å². The number of hydrogen-bond acceptors (Lipinski definition) is 6. The molecule has 0 aromatic heterocycles. The Labute approximate surface area is 171 Å². The van der Waals surface area contributed by atoms with E-state index in [1.54, 1.807) is 37.3 Å². The van der Waals surface area contributed by atoms with E-state index in [2.05, 4.69) is 10.1 Å². The molecule has 1 N–H and O–H groups in total. The third-order valence-electron chi connectivity index (χ3n) is 5.06. The van der Waals surface area contributed by atoms with Crippen molar-refractivity contribution in [3.8, 4) is 11.5 Å². The van der Waals surface area contributed by atoms with Crippen LogP contribution in [0, 0.1) is 5.92 Å². The second-order valence-corrected chi connectivity index (χ2v) is 7.11. The largest absolute Gasteiger partial charge is 0.497 e. The highest BCUT2D eigenvalue weighted by atomic mass is 16.5. The molecule has 0 radical (unpaired) electrons. The Morgan fingerprint density at radius 2 is 1.72 bits per heavy atom. The molecule has 0 aliphatic carbocycles. The van der Waals surface area contributed by atoms with Crippen LogP contribution in [0.1, 0.15) is 38.5 Å². The van der Waals surface area contributed by atoms with Gasteiger partial charge in [-0.2, -0.15) is 0 Å². The zero-order chi connectivity index (χ0) is 21.2. The van der Waals surface area contributed by atoms with Crippen molar-refractivity contribution >= 4 is 23.5 Å². The van der Waals surface area contributed by atoms with Gasteiger partial charge in [0.05, 0.1) is 27.8 Å². The minimum atomic E-state index is -0.377. The highest BCUT2D eigenvalue weighted by molar-refractivity contribution is 5.91. The van der Waals surface area contributed by atoms with Crippen LogP contribution < -0.4 is 14.8 Å². The molecule has 0 saturated carbocycles. The average molecular weight is 406 g/mol. The lowest BCUT2D eigenvalue weighted by Crippen LogP contribution is -2.40. The summed E-state index contributed by atoms with van der Waals surface area (Å²) in [4.78, 5) is 37.6. The number of anilines is 1. The van der Waals surface area contributed by atoms with E-state index in [0.29, 0.717) is 43.1 Å². The molecule has 8 nitrogen and oxygen atoms in total. The number of ether oxygens (including phenoxy) is 3. The molecule has 1 heterocycles. The van der Waals surface area contributed by atoms with E-state index < -0.39 is 0 Å². The Morgan fingerprint density at radius 3 is 2.34 bits per heavy atom. The van der Waals surface area contributed by atoms with Crippen molar-refractivity contribution in [1.29, 1.82) is 0 Å². The molecular formula is C21H30N2O6. The summed E-state index contributed by atoms with van der Waals surface area (Å²) in [5.41, 5.74) is 0.620. The summed E-state index contributed by atoms with van der Waals surface area (Å²) in [7, 11) is 4.43. The van der Waals surface area contributed by atoms with Crippen molar-refractivity contribution in [3.63, 3.8) is 0 Å². The quantitative estimate of drug-likeness (QED) is 0.634. The summed E-state index contributed by atoms with van der Waals surface area (Å²) in [6.07, 6.45) is 3.23. The van der Waals surface area contributed by atoms with Gasteiger partial charge in [0.2, 0.25) is 11.8 Å². The number of nitrogens with zero attached hydrogens (tertiary/aromatic N) is 1. The van der Waals surface area contributed by atoms with Gasteiger partial charge in [-0.15, -0.1) is 0 Å². The highest BCUT2D eigenvalue weighted by Crippen LogP contribution is 2.26. The first kappa shape index (κ1) is 22.5. The van der Waals surface area contributed by atoms with Crippen LogP contribution in [0.25, 0.3) is 0 Å². The van der Waals surface area contributed by atoms with Gasteiger partial charge in [0, 0.05) is 49.8 Å². The smallest absolute Gasteiger partial charge is 0.306 e. The number of rotatable bonds is 9. The Hall–Kier alpha value is -2.77. The molecule has 1 aliphatic rings. The van der Waals surface area contributed by atoms with Crippen LogP contribution in [-0.2, 0) is 19.1 Å². The van der Waals surface area contributed by atoms with Gasteiger partial charge in [0.1, 0.15) is 11.5 Å². The van der Waals surface area contributed by atoms with Gasteiger partial charge in [0.25, 0.3) is 0 Å². The van der Waals surface area contributed by atoms with Crippen LogP contribution in [0.15, 0.2) is 18.2 Å². The Kier molecular flexibility index (Phi) is 8.76. The third-order valence-corrected chi connectivity index (χ3v) is 5.06. The van der Waals surface area contributed by atoms with Crippen molar-refractivity contribution in [2.45, 2.75) is 38.5 Å². The average Bonchev–Trinajstić information content (AvgIpc) is 2.75. The molecule has 0 spiro atoms. The molecule has 1 aromatic rings. The maximum atomic E-state index is 12.4. The second-order valence-electron chi connectivity index (χ2n) is 7.11. The molecule has 160 valence electrons. The number of carbonyl (C=O) groups is 3. The lowest BCUT2D eigenvalue weighted by Gasteiger charge is -2.32. The normalized spacial score (nSPS) is 16.1. The summed E-state index contributed by atoms with van der Waals surface area (Å²) < 4.78 is 15.0. The van der Waals surface area contributed by atoms with Crippen LogP contribution in [0.2, 0.25) is 0 Å². The standard InChI is InChI=1S/C21H30N2O6/c1-27-17-11-16(12-18(13-17)28-2)22-19(24)7-6-15-5-4-10-23(14-15)20(25)8-9-21(26)29-3/h11-13,15H,4-10,14H2,1-3H3,(H,22,24). The predicted molar refractivity (Wildman–Crippen MR) is 108 cm³/mol. The van der Waals surface area contributed by atoms with E-state index in [0.717, 1.165) is 12.8 Å². The van der Waals surface area contributed by atoms with E-state index in [1.165, 1.54) is 7.11 Å². The summed E-state index contributed by atoms with van der Waals surface area (Å²) in [6.45, 7) is 1.33. The molecule has 8 heteroatoms. The van der Waals surface area contributed by atoms with Gasteiger partial charge in [0.15, 0.2) is 0 Å². The SMILES string of the molecule is COC(=O)CCC(=O)N1CCCC(CCC(=O)Nc2cc(OC)cc(OC)c2)C1. The van der Waals surface area contributed by atoms with Crippen molar-refractivity contribution in [2.24, 2.45) is 5.92 Å². The van der Waals surface area contributed by atoms with Gasteiger partial charge in [-0.05, 0) is 25.2 Å². The fourth-order valence-electron chi connectivity index (χ4n) is 3.43. The Balaban J connectivity index is 1.81. The van der Waals surface area contributed by atoms with Crippen LogP contribution in [0.4, 0.5) is 5.69 Å². The first-order valence-corrected chi connectivity index (χ1v) is 9.82. The van der Waals surface area contributed by atoms with Crippen LogP contribution in [-0.4, -0.2) is 57.1 Å². The lowest BCUT2D eigenvalue weighted by molar-refractivity contribution is -0.144. The predicted octanol–water partition coefficient (Wildman–Crippen LogP) is 2.61. The van der Waals surface area contributed by atoms with Crippen LogP contribution >= 0.6 is 0 Å². The van der Waals surface area contributed by atoms with Crippen molar-refractivity contribution in [3.05, 3.63) is 18.2 Å². The molecule has 2 rings (SSSR count). The number of nitrogens with one attached hydrogen (secondary N) is 1. The number of likely N-dealkylation sites (tertiary alicyclic amines) is 1. The van der Waals surface area contributed by atoms with Crippen molar-refractivity contribution < 1.29 is 28.6 Å². The summed E-state index contributed by atoms with van der Waals surface area (Å²) >= 11 is 0. The third kappa shape index (κ3) is 7.29. The minimum Gasteiger partial charge on any atom is -0.497 e. The fraction of sp³-hybridized carbons (Fsp3) is 0.571. The zero-order valence-electron chi connectivity index (χ0n) is 17.4. The van der Waals surface area contributed by atoms with Gasteiger partial charge >= 0.3 is 5.97 Å². The monoisotopic (exact) mass is 406 g/mol. The Bertz CT molecular complexity index is 699. The maximum Gasteiger partial charge on any atom is 0.306 e. The van der Waals surface area contributed by atoms with Crippen molar-refractivity contribution in [2.75, 3.05) is 39.7 Å². The minimum absolute atomic E-state index is 0.0342. The van der Waals surface area contributed by atoms with Crippen molar-refractivity contribution in [1.82, 2.24) is 4.90 Å². The number of carbonyl (C=O) groups excluding carboxylic acids is 3. The summed E-state index contributed by atoms with van der Waals surface area (Å²) in [5.74, 6) is 0.984. The van der Waals surface area contributed by atoms with Crippen LogP contribution in [0.5, 0.6) is 11.5 Å². The molecule has 1 fully saturated rings. The number of benzene rings is 1. The molecule has 1 aromatic carbocycles. The molecule has 2 amide bonds. The molecule has 1 atom stereocenters. The number of methoxy groups -OCH3 is 3. The first-order valence-electron chi connectivity index (χ1n) is 9.82. The highest BCUT2D eigenvalue weighted by Gasteiger charge is 2.24.